The van der Waals surface area contributed by atoms with E-state index < -0.39 is 0 Å². The van der Waals surface area contributed by atoms with Crippen molar-refractivity contribution >= 4 is 0 Å². The molecule has 4 heteroatoms. The van der Waals surface area contributed by atoms with Crippen molar-refractivity contribution in [2.45, 2.75) is 0 Å². The van der Waals surface area contributed by atoms with Crippen LogP contribution in [0, 0.1) is 0 Å². The minimum absolute atomic E-state index is 0. The molecule has 0 heterocycles. The zero-order chi connectivity index (χ0) is 0. The van der Waals surface area contributed by atoms with Crippen molar-refractivity contribution < 1.29 is 52.4 Å². The predicted molar refractivity (Wildman–Crippen MR) is 7.23 cm³/mol. The third-order valence-electron chi connectivity index (χ3n) is 0. The third kappa shape index (κ3) is 10.4. The molecule has 0 radical (unpaired) electrons. The topological polar surface area (TPSA) is 63.0 Å². The van der Waals surface area contributed by atoms with E-state index in [0.717, 1.165) is 0 Å². The van der Waals surface area contributed by atoms with Crippen LogP contribution < -0.4 is 0 Å². The molecule has 0 aliphatic heterocycles. The first-order valence-corrected chi connectivity index (χ1v) is 0. The summed E-state index contributed by atoms with van der Waals surface area (Å²) in [6.45, 7) is 0. The van der Waals surface area contributed by atoms with Gasteiger partial charge in [-0.2, -0.15) is 0 Å². The standard InChI is InChI=1S/2H2O.Pd.Pt/h2*1H2;;. The van der Waals surface area contributed by atoms with Crippen LogP contribution in [0.15, 0.2) is 0 Å². The maximum atomic E-state index is 0. The average molecular weight is 338 g/mol. The molecule has 0 amide bonds. The van der Waals surface area contributed by atoms with Crippen LogP contribution in [0.5, 0.6) is 0 Å². The average Bonchev–Trinajstić information content (AvgIpc) is 0. The van der Waals surface area contributed by atoms with Crippen LogP contribution in [-0.2, 0) is 41.5 Å². The normalized spacial score (nSPS) is 0. The summed E-state index contributed by atoms with van der Waals surface area (Å²) in [5.41, 5.74) is 0. The Morgan fingerprint density at radius 2 is 0.750 bits per heavy atom. The van der Waals surface area contributed by atoms with Gasteiger partial charge in [-0.05, 0) is 0 Å². The molecule has 0 aromatic carbocycles. The number of hydrogen-bond donors (Lipinski definition) is 0. The van der Waals surface area contributed by atoms with Crippen LogP contribution in [0.2, 0.25) is 0 Å². The molecular formula is H4O2PdPt. The van der Waals surface area contributed by atoms with Gasteiger partial charge in [-0.25, -0.2) is 0 Å². The Hall–Kier alpha value is 1.27. The van der Waals surface area contributed by atoms with Gasteiger partial charge in [-0.3, -0.25) is 0 Å². The molecule has 0 saturated heterocycles. The Morgan fingerprint density at radius 1 is 0.750 bits per heavy atom. The van der Waals surface area contributed by atoms with Gasteiger partial charge in [0.2, 0.25) is 0 Å². The Morgan fingerprint density at radius 3 is 0.750 bits per heavy atom. The van der Waals surface area contributed by atoms with E-state index in [9.17, 15) is 0 Å². The second-order valence-corrected chi connectivity index (χ2v) is 0. The molecule has 2 nitrogen and oxygen atoms in total. The van der Waals surface area contributed by atoms with Crippen LogP contribution in [0.1, 0.15) is 0 Å². The molecule has 0 saturated carbocycles. The van der Waals surface area contributed by atoms with Gasteiger partial charge in [-0.15, -0.1) is 0 Å². The number of rotatable bonds is 0. The van der Waals surface area contributed by atoms with Gasteiger partial charge >= 0.3 is 0 Å². The first-order chi connectivity index (χ1) is 0. The summed E-state index contributed by atoms with van der Waals surface area (Å²) in [5.74, 6) is 0. The van der Waals surface area contributed by atoms with Crippen LogP contribution in [-0.4, -0.2) is 11.0 Å². The van der Waals surface area contributed by atoms with Crippen molar-refractivity contribution in [3.8, 4) is 0 Å². The molecule has 0 aromatic heterocycles. The molecule has 0 aliphatic carbocycles. The summed E-state index contributed by atoms with van der Waals surface area (Å²) in [6, 6.07) is 0. The van der Waals surface area contributed by atoms with E-state index >= 15 is 0 Å². The fourth-order valence-corrected chi connectivity index (χ4v) is 0. The molecule has 4 heavy (non-hydrogen) atoms. The van der Waals surface area contributed by atoms with Crippen molar-refractivity contribution in [1.82, 2.24) is 0 Å². The van der Waals surface area contributed by atoms with Crippen molar-refractivity contribution in [1.29, 1.82) is 0 Å². The van der Waals surface area contributed by atoms with E-state index in [-0.39, 0.29) is 52.4 Å². The Labute approximate surface area is 52.5 Å². The molecular weight excluding hydrogens is 333 g/mol. The van der Waals surface area contributed by atoms with E-state index in [1.807, 2.05) is 0 Å². The Kier molecular flexibility index (Phi) is 421. The maximum absolute atomic E-state index is 0. The molecule has 0 unspecified atom stereocenters. The van der Waals surface area contributed by atoms with Gasteiger partial charge in [0, 0.05) is 41.5 Å². The Balaban J connectivity index is 0. The summed E-state index contributed by atoms with van der Waals surface area (Å²) in [4.78, 5) is 0. The minimum atomic E-state index is 0. The van der Waals surface area contributed by atoms with Gasteiger partial charge in [0.05, 0.1) is 0 Å². The quantitative estimate of drug-likeness (QED) is 0.475. The first kappa shape index (κ1) is 59.5. The zero-order valence-corrected chi connectivity index (χ0v) is 5.46. The molecule has 0 atom stereocenters. The van der Waals surface area contributed by atoms with Gasteiger partial charge in [0.25, 0.3) is 0 Å². The van der Waals surface area contributed by atoms with E-state index in [2.05, 4.69) is 0 Å². The SMILES string of the molecule is O.O.[Pd].[Pt]. The monoisotopic (exact) mass is 337 g/mol. The molecule has 36 valence electrons. The maximum Gasteiger partial charge on any atom is 0 e. The fraction of sp³-hybridized carbons (Fsp3) is 0. The minimum Gasteiger partial charge on any atom is -0.412 e. The zero-order valence-electron chi connectivity index (χ0n) is 1.63. The van der Waals surface area contributed by atoms with Crippen molar-refractivity contribution in [3.63, 3.8) is 0 Å². The van der Waals surface area contributed by atoms with Crippen LogP contribution in [0.3, 0.4) is 0 Å². The van der Waals surface area contributed by atoms with Crippen LogP contribution in [0.25, 0.3) is 0 Å². The second-order valence-electron chi connectivity index (χ2n) is 0. The van der Waals surface area contributed by atoms with Gasteiger partial charge in [-0.1, -0.05) is 0 Å². The van der Waals surface area contributed by atoms with E-state index in [1.54, 1.807) is 0 Å². The molecule has 0 fully saturated rings. The summed E-state index contributed by atoms with van der Waals surface area (Å²) in [5, 5.41) is 0. The van der Waals surface area contributed by atoms with Crippen LogP contribution in [0.4, 0.5) is 0 Å². The largest absolute Gasteiger partial charge is 0.412 e. The molecule has 0 spiro atoms. The third-order valence-corrected chi connectivity index (χ3v) is 0. The van der Waals surface area contributed by atoms with E-state index in [4.69, 9.17) is 0 Å². The Bertz CT molecular complexity index is 6.00. The predicted octanol–water partition coefficient (Wildman–Crippen LogP) is -1.65. The van der Waals surface area contributed by atoms with Crippen molar-refractivity contribution in [2.75, 3.05) is 0 Å². The van der Waals surface area contributed by atoms with Gasteiger partial charge < -0.3 is 11.0 Å². The van der Waals surface area contributed by atoms with Crippen LogP contribution >= 0.6 is 0 Å². The van der Waals surface area contributed by atoms with E-state index in [1.165, 1.54) is 0 Å². The van der Waals surface area contributed by atoms with Gasteiger partial charge in [0.1, 0.15) is 0 Å². The fourth-order valence-electron chi connectivity index (χ4n) is 0. The molecule has 0 bridgehead atoms. The summed E-state index contributed by atoms with van der Waals surface area (Å²) >= 11 is 0. The first-order valence-electron chi connectivity index (χ1n) is 0. The second kappa shape index (κ2) is 28.3. The molecule has 0 aliphatic rings. The van der Waals surface area contributed by atoms with Crippen molar-refractivity contribution in [2.24, 2.45) is 0 Å². The number of hydrogen-bond acceptors (Lipinski definition) is 0. The van der Waals surface area contributed by atoms with Gasteiger partial charge in [0.15, 0.2) is 0 Å². The van der Waals surface area contributed by atoms with E-state index in [0.29, 0.717) is 0 Å². The summed E-state index contributed by atoms with van der Waals surface area (Å²) in [7, 11) is 0. The molecule has 0 aromatic rings. The summed E-state index contributed by atoms with van der Waals surface area (Å²) in [6.07, 6.45) is 0. The van der Waals surface area contributed by atoms with Crippen molar-refractivity contribution in [3.05, 3.63) is 0 Å². The molecule has 0 rings (SSSR count). The summed E-state index contributed by atoms with van der Waals surface area (Å²) < 4.78 is 0. The molecule has 4 N–H and O–H groups in total. The smallest absolute Gasteiger partial charge is 0 e.